The highest BCUT2D eigenvalue weighted by atomic mass is 16.4. The van der Waals surface area contributed by atoms with Crippen molar-refractivity contribution in [3.63, 3.8) is 0 Å². The van der Waals surface area contributed by atoms with E-state index in [0.29, 0.717) is 0 Å². The van der Waals surface area contributed by atoms with Gasteiger partial charge < -0.3 is 117 Å². The summed E-state index contributed by atoms with van der Waals surface area (Å²) >= 11 is 0. The quantitative estimate of drug-likeness (QED) is 0.0843. The molecular formula is C18H51N9O21. The summed E-state index contributed by atoms with van der Waals surface area (Å²) in [5, 5.41) is 101. The molecule has 0 aromatic heterocycles. The molecule has 30 nitrogen and oxygen atoms in total. The lowest BCUT2D eigenvalue weighted by molar-refractivity contribution is -0.170. The monoisotopic (exact) mass is 729 g/mol. The van der Waals surface area contributed by atoms with Crippen molar-refractivity contribution in [3.05, 3.63) is 0 Å². The van der Waals surface area contributed by atoms with Crippen molar-refractivity contribution in [2.24, 2.45) is 0 Å². The van der Waals surface area contributed by atoms with Crippen LogP contribution in [0.5, 0.6) is 0 Å². The Labute approximate surface area is 269 Å². The minimum atomic E-state index is -2.74. The van der Waals surface area contributed by atoms with Crippen LogP contribution in [-0.4, -0.2) is 132 Å². The molecular weight excluding hydrogens is 678 g/mol. The third kappa shape index (κ3) is 35.2. The highest BCUT2D eigenvalue weighted by Gasteiger charge is 2.42. The molecule has 0 aromatic rings. The molecule has 0 bridgehead atoms. The minimum Gasteiger partial charge on any atom is -0.481 e. The molecule has 0 aliphatic rings. The van der Waals surface area contributed by atoms with E-state index in [0.717, 1.165) is 0 Å². The molecule has 30 heteroatoms. The molecule has 0 aliphatic carbocycles. The third-order valence-electron chi connectivity index (χ3n) is 3.86. The van der Waals surface area contributed by atoms with Gasteiger partial charge in [-0.15, -0.1) is 0 Å². The summed E-state index contributed by atoms with van der Waals surface area (Å²) in [6.45, 7) is 0. The lowest BCUT2D eigenvalue weighted by Gasteiger charge is -2.18. The molecule has 0 heterocycles. The second-order valence-electron chi connectivity index (χ2n) is 7.43. The van der Waals surface area contributed by atoms with Crippen LogP contribution in [0.15, 0.2) is 0 Å². The van der Waals surface area contributed by atoms with Crippen LogP contribution in [-0.2, 0) is 43.2 Å². The molecule has 0 aliphatic heterocycles. The third-order valence-corrected chi connectivity index (χ3v) is 3.86. The molecule has 0 atom stereocenters. The van der Waals surface area contributed by atoms with Crippen LogP contribution in [0.2, 0.25) is 0 Å². The normalized spacial score (nSPS) is 8.81. The number of carboxylic acids is 9. The van der Waals surface area contributed by atoms with E-state index >= 15 is 0 Å². The predicted molar refractivity (Wildman–Crippen MR) is 156 cm³/mol. The van der Waals surface area contributed by atoms with Crippen molar-refractivity contribution >= 4 is 53.7 Å². The largest absolute Gasteiger partial charge is 0.481 e. The van der Waals surface area contributed by atoms with Gasteiger partial charge in [-0.3, -0.25) is 28.8 Å². The maximum absolute atomic E-state index is 10.3. The maximum Gasteiger partial charge on any atom is 0.336 e. The van der Waals surface area contributed by atoms with Gasteiger partial charge in [-0.2, -0.15) is 0 Å². The molecule has 39 N–H and O–H groups in total. The van der Waals surface area contributed by atoms with E-state index in [-0.39, 0.29) is 55.4 Å². The van der Waals surface area contributed by atoms with Gasteiger partial charge in [0.25, 0.3) is 0 Å². The highest BCUT2D eigenvalue weighted by Crippen LogP contribution is 2.17. The van der Waals surface area contributed by atoms with Gasteiger partial charge in [-0.1, -0.05) is 0 Å². The Morgan fingerprint density at radius 2 is 0.354 bits per heavy atom. The average Bonchev–Trinajstić information content (AvgIpc) is 2.64. The van der Waals surface area contributed by atoms with E-state index in [4.69, 9.17) is 61.3 Å². The molecule has 0 saturated heterocycles. The Morgan fingerprint density at radius 1 is 0.271 bits per heavy atom. The zero-order valence-corrected chi connectivity index (χ0v) is 25.6. The zero-order chi connectivity index (χ0) is 31.9. The number of carboxylic acid groups (broad SMARTS) is 9. The molecule has 294 valence electrons. The summed E-state index contributed by atoms with van der Waals surface area (Å²) in [7, 11) is 0. The molecule has 48 heavy (non-hydrogen) atoms. The van der Waals surface area contributed by atoms with Crippen LogP contribution in [0.3, 0.4) is 0 Å². The summed E-state index contributed by atoms with van der Waals surface area (Å²) in [4.78, 5) is 91.5. The van der Waals surface area contributed by atoms with Crippen molar-refractivity contribution < 1.29 is 104 Å². The molecule has 0 fully saturated rings. The van der Waals surface area contributed by atoms with Crippen molar-refractivity contribution in [3.8, 4) is 0 Å². The molecule has 0 unspecified atom stereocenters. The second kappa shape index (κ2) is 33.1. The van der Waals surface area contributed by atoms with Crippen molar-refractivity contribution in [1.82, 2.24) is 55.4 Å². The topological polar surface area (TPSA) is 711 Å². The van der Waals surface area contributed by atoms with Crippen molar-refractivity contribution in [2.75, 3.05) is 0 Å². The predicted octanol–water partition coefficient (Wildman–Crippen LogP) is -2.29. The van der Waals surface area contributed by atoms with Crippen molar-refractivity contribution in [1.29, 1.82) is 0 Å². The number of aliphatic carboxylic acids is 9. The second-order valence-corrected chi connectivity index (χ2v) is 7.43. The Morgan fingerprint density at radius 3 is 0.396 bits per heavy atom. The summed E-state index contributed by atoms with van der Waals surface area (Å²) in [6.07, 6.45) is -6.87. The number of aliphatic hydroxyl groups is 3. The first-order valence-electron chi connectivity index (χ1n) is 9.51. The smallest absolute Gasteiger partial charge is 0.336 e. The van der Waals surface area contributed by atoms with E-state index in [9.17, 15) is 43.2 Å². The van der Waals surface area contributed by atoms with Gasteiger partial charge in [0.1, 0.15) is 0 Å². The standard InChI is InChI=1S/3C6H8O7.9H3N/c3*7-3(8)1-6(13,5(11)12)2-4(9)10;;;;;;;;;/h3*13H,1-2H2,(H,7,8)(H,9,10)(H,11,12);9*1H3. The van der Waals surface area contributed by atoms with Crippen LogP contribution in [0.25, 0.3) is 0 Å². The molecule has 0 spiro atoms. The Hall–Kier alpha value is -5.25. The lowest BCUT2D eigenvalue weighted by Crippen LogP contribution is -2.42. The summed E-state index contributed by atoms with van der Waals surface area (Å²) in [5.41, 5.74) is -8.22. The van der Waals surface area contributed by atoms with E-state index in [1.54, 1.807) is 0 Å². The number of carbonyl (C=O) groups is 9. The first-order valence-corrected chi connectivity index (χ1v) is 9.51. The molecule has 0 aromatic carbocycles. The molecule has 0 rings (SSSR count). The Balaban J connectivity index is -0.0000000370. The first-order chi connectivity index (χ1) is 17.3. The van der Waals surface area contributed by atoms with Gasteiger partial charge in [0.2, 0.25) is 0 Å². The van der Waals surface area contributed by atoms with Gasteiger partial charge >= 0.3 is 53.7 Å². The van der Waals surface area contributed by atoms with E-state index in [2.05, 4.69) is 0 Å². The van der Waals surface area contributed by atoms with Gasteiger partial charge in [-0.25, -0.2) is 14.4 Å². The molecule has 0 saturated carbocycles. The Bertz CT molecular complexity index is 839. The first kappa shape index (κ1) is 78.8. The zero-order valence-electron chi connectivity index (χ0n) is 25.6. The van der Waals surface area contributed by atoms with Crippen LogP contribution in [0.1, 0.15) is 38.5 Å². The maximum atomic E-state index is 10.3. The molecule has 0 radical (unpaired) electrons. The minimum absolute atomic E-state index is 0. The fourth-order valence-corrected chi connectivity index (χ4v) is 2.14. The SMILES string of the molecule is N.N.N.N.N.N.N.N.N.O=C(O)CC(O)(CC(=O)O)C(=O)O.O=C(O)CC(O)(CC(=O)O)C(=O)O.O=C(O)CC(O)(CC(=O)O)C(=O)O. The number of hydrogen-bond donors (Lipinski definition) is 21. The van der Waals surface area contributed by atoms with Crippen molar-refractivity contribution in [2.45, 2.75) is 55.3 Å². The summed E-state index contributed by atoms with van der Waals surface area (Å²) < 4.78 is 0. The van der Waals surface area contributed by atoms with Gasteiger partial charge in [0, 0.05) is 0 Å². The fraction of sp³-hybridized carbons (Fsp3) is 0.500. The van der Waals surface area contributed by atoms with Gasteiger partial charge in [0.05, 0.1) is 38.5 Å². The summed E-state index contributed by atoms with van der Waals surface area (Å²) in [6, 6.07) is 0. The summed E-state index contributed by atoms with van der Waals surface area (Å²) in [5.74, 6) is -15.1. The highest BCUT2D eigenvalue weighted by molar-refractivity contribution is 5.89. The number of hydrogen-bond acceptors (Lipinski definition) is 21. The number of rotatable bonds is 15. The Kier molecular flexibility index (Phi) is 54.4. The van der Waals surface area contributed by atoms with Crippen LogP contribution < -0.4 is 55.4 Å². The fourth-order valence-electron chi connectivity index (χ4n) is 2.14. The van der Waals surface area contributed by atoms with Crippen LogP contribution in [0, 0.1) is 0 Å². The van der Waals surface area contributed by atoms with Crippen LogP contribution in [0.4, 0.5) is 0 Å². The lowest BCUT2D eigenvalue weighted by atomic mass is 9.96. The van der Waals surface area contributed by atoms with E-state index in [1.807, 2.05) is 0 Å². The van der Waals surface area contributed by atoms with Gasteiger partial charge in [0.15, 0.2) is 16.8 Å². The van der Waals surface area contributed by atoms with Crippen LogP contribution >= 0.6 is 0 Å². The average molecular weight is 730 g/mol. The van der Waals surface area contributed by atoms with Gasteiger partial charge in [-0.05, 0) is 0 Å². The van der Waals surface area contributed by atoms with E-state index in [1.165, 1.54) is 0 Å². The van der Waals surface area contributed by atoms with E-state index < -0.39 is 109 Å². The molecule has 0 amide bonds.